The summed E-state index contributed by atoms with van der Waals surface area (Å²) in [5, 5.41) is 2.58. The standard InChI is InChI=1S/C21H16ClFN2O3S/c1-2-25-19-10-7-13(21(26)24-14-8-9-18(23)17(22)12-14)11-16(19)15-5-3-4-6-20(15)29(25,27)28/h3-12H,2H2,1H3,(H,24,26). The molecule has 1 aliphatic rings. The van der Waals surface area contributed by atoms with Crippen LogP contribution in [0.3, 0.4) is 0 Å². The number of benzene rings is 3. The van der Waals surface area contributed by atoms with E-state index in [-0.39, 0.29) is 16.5 Å². The predicted octanol–water partition coefficient (Wildman–Crippen LogP) is 4.93. The molecule has 1 N–H and O–H groups in total. The van der Waals surface area contributed by atoms with Crippen LogP contribution in [-0.4, -0.2) is 20.9 Å². The van der Waals surface area contributed by atoms with E-state index >= 15 is 0 Å². The Morgan fingerprint density at radius 2 is 1.83 bits per heavy atom. The summed E-state index contributed by atoms with van der Waals surface area (Å²) in [5.41, 5.74) is 2.42. The number of carbonyl (C=O) groups is 1. The van der Waals surface area contributed by atoms with Gasteiger partial charge in [-0.05, 0) is 49.4 Å². The van der Waals surface area contributed by atoms with Crippen LogP contribution >= 0.6 is 11.6 Å². The third kappa shape index (κ3) is 3.26. The first-order chi connectivity index (χ1) is 13.8. The zero-order chi connectivity index (χ0) is 20.8. The largest absolute Gasteiger partial charge is 0.322 e. The zero-order valence-corrected chi connectivity index (χ0v) is 16.9. The number of hydrogen-bond acceptors (Lipinski definition) is 3. The van der Waals surface area contributed by atoms with Crippen molar-refractivity contribution in [2.75, 3.05) is 16.2 Å². The quantitative estimate of drug-likeness (QED) is 0.640. The number of nitrogens with zero attached hydrogens (tertiary/aromatic N) is 1. The van der Waals surface area contributed by atoms with Crippen molar-refractivity contribution in [3.05, 3.63) is 77.1 Å². The summed E-state index contributed by atoms with van der Waals surface area (Å²) in [4.78, 5) is 12.9. The van der Waals surface area contributed by atoms with Gasteiger partial charge < -0.3 is 5.32 Å². The molecule has 0 aromatic heterocycles. The molecule has 4 rings (SSSR count). The van der Waals surface area contributed by atoms with Gasteiger partial charge in [0.05, 0.1) is 15.6 Å². The van der Waals surface area contributed by atoms with Crippen LogP contribution in [-0.2, 0) is 10.0 Å². The number of fused-ring (bicyclic) bond motifs is 3. The van der Waals surface area contributed by atoms with E-state index in [0.717, 1.165) is 0 Å². The van der Waals surface area contributed by atoms with E-state index in [1.165, 1.54) is 22.5 Å². The van der Waals surface area contributed by atoms with Crippen LogP contribution in [0.4, 0.5) is 15.8 Å². The van der Waals surface area contributed by atoms with Gasteiger partial charge in [-0.3, -0.25) is 9.10 Å². The lowest BCUT2D eigenvalue weighted by molar-refractivity contribution is 0.102. The van der Waals surface area contributed by atoms with Gasteiger partial charge >= 0.3 is 0 Å². The Balaban J connectivity index is 1.77. The van der Waals surface area contributed by atoms with Crippen molar-refractivity contribution >= 4 is 38.9 Å². The Labute approximate surface area is 172 Å². The topological polar surface area (TPSA) is 66.5 Å². The summed E-state index contributed by atoms with van der Waals surface area (Å²) < 4.78 is 40.5. The van der Waals surface area contributed by atoms with Crippen LogP contribution in [0.25, 0.3) is 11.1 Å². The Morgan fingerprint density at radius 1 is 1.07 bits per heavy atom. The lowest BCUT2D eigenvalue weighted by Crippen LogP contribution is -2.34. The first kappa shape index (κ1) is 19.4. The lowest BCUT2D eigenvalue weighted by atomic mass is 10.00. The average Bonchev–Trinajstić information content (AvgIpc) is 2.71. The van der Waals surface area contributed by atoms with Gasteiger partial charge in [-0.25, -0.2) is 12.8 Å². The maximum Gasteiger partial charge on any atom is 0.264 e. The van der Waals surface area contributed by atoms with E-state index in [4.69, 9.17) is 11.6 Å². The molecule has 0 saturated carbocycles. The molecule has 8 heteroatoms. The van der Waals surface area contributed by atoms with Crippen LogP contribution in [0.2, 0.25) is 5.02 Å². The normalized spacial score (nSPS) is 14.1. The van der Waals surface area contributed by atoms with Gasteiger partial charge in [0, 0.05) is 28.9 Å². The van der Waals surface area contributed by atoms with E-state index in [1.54, 1.807) is 49.4 Å². The van der Waals surface area contributed by atoms with Crippen molar-refractivity contribution < 1.29 is 17.6 Å². The van der Waals surface area contributed by atoms with Crippen molar-refractivity contribution in [1.82, 2.24) is 0 Å². The Morgan fingerprint density at radius 3 is 2.55 bits per heavy atom. The molecule has 0 saturated heterocycles. The molecule has 0 atom stereocenters. The fourth-order valence-electron chi connectivity index (χ4n) is 3.39. The molecule has 1 aliphatic heterocycles. The maximum atomic E-state index is 13.3. The number of nitrogens with one attached hydrogen (secondary N) is 1. The molecule has 29 heavy (non-hydrogen) atoms. The third-order valence-electron chi connectivity index (χ3n) is 4.74. The number of amides is 1. The van der Waals surface area contributed by atoms with Gasteiger partial charge in [0.15, 0.2) is 0 Å². The summed E-state index contributed by atoms with van der Waals surface area (Å²) in [6, 6.07) is 15.5. The predicted molar refractivity (Wildman–Crippen MR) is 111 cm³/mol. The van der Waals surface area contributed by atoms with Crippen LogP contribution < -0.4 is 9.62 Å². The molecule has 0 bridgehead atoms. The van der Waals surface area contributed by atoms with Gasteiger partial charge in [0.25, 0.3) is 15.9 Å². The van der Waals surface area contributed by atoms with Gasteiger partial charge in [-0.1, -0.05) is 29.8 Å². The molecule has 5 nitrogen and oxygen atoms in total. The molecule has 0 fully saturated rings. The van der Waals surface area contributed by atoms with Crippen molar-refractivity contribution in [2.24, 2.45) is 0 Å². The van der Waals surface area contributed by atoms with Crippen molar-refractivity contribution in [3.63, 3.8) is 0 Å². The second-order valence-corrected chi connectivity index (χ2v) is 8.72. The molecule has 3 aromatic carbocycles. The Bertz CT molecular complexity index is 1240. The lowest BCUT2D eigenvalue weighted by Gasteiger charge is -2.31. The fourth-order valence-corrected chi connectivity index (χ4v) is 5.27. The van der Waals surface area contributed by atoms with E-state index in [0.29, 0.717) is 28.1 Å². The van der Waals surface area contributed by atoms with Crippen molar-refractivity contribution in [1.29, 1.82) is 0 Å². The molecule has 3 aromatic rings. The van der Waals surface area contributed by atoms with Crippen molar-refractivity contribution in [3.8, 4) is 11.1 Å². The van der Waals surface area contributed by atoms with E-state index < -0.39 is 21.7 Å². The minimum atomic E-state index is -3.65. The maximum absolute atomic E-state index is 13.3. The molecule has 0 unspecified atom stereocenters. The fraction of sp³-hybridized carbons (Fsp3) is 0.0952. The molecular formula is C21H16ClFN2O3S. The molecule has 1 heterocycles. The summed E-state index contributed by atoms with van der Waals surface area (Å²) in [5.74, 6) is -0.986. The van der Waals surface area contributed by atoms with E-state index in [2.05, 4.69) is 5.32 Å². The molecular weight excluding hydrogens is 415 g/mol. The van der Waals surface area contributed by atoms with E-state index in [1.807, 2.05) is 0 Å². The molecule has 0 aliphatic carbocycles. The van der Waals surface area contributed by atoms with Gasteiger partial charge in [-0.15, -0.1) is 0 Å². The number of sulfonamides is 1. The molecule has 1 amide bonds. The minimum Gasteiger partial charge on any atom is -0.322 e. The highest BCUT2D eigenvalue weighted by Gasteiger charge is 2.34. The smallest absolute Gasteiger partial charge is 0.264 e. The highest BCUT2D eigenvalue weighted by atomic mass is 35.5. The van der Waals surface area contributed by atoms with Crippen LogP contribution in [0.1, 0.15) is 17.3 Å². The Kier molecular flexibility index (Phi) is 4.80. The highest BCUT2D eigenvalue weighted by Crippen LogP contribution is 2.43. The molecule has 148 valence electrons. The van der Waals surface area contributed by atoms with Crippen LogP contribution in [0.15, 0.2) is 65.6 Å². The first-order valence-corrected chi connectivity index (χ1v) is 10.7. The van der Waals surface area contributed by atoms with E-state index in [9.17, 15) is 17.6 Å². The SMILES string of the molecule is CCN1c2ccc(C(=O)Nc3ccc(F)c(Cl)c3)cc2-c2ccccc2S1(=O)=O. The number of carbonyl (C=O) groups excluding carboxylic acids is 1. The first-order valence-electron chi connectivity index (χ1n) is 8.85. The number of rotatable bonds is 3. The molecule has 0 radical (unpaired) electrons. The Hall–Kier alpha value is -2.90. The minimum absolute atomic E-state index is 0.0917. The number of anilines is 2. The summed E-state index contributed by atoms with van der Waals surface area (Å²) in [6.45, 7) is 2.03. The van der Waals surface area contributed by atoms with Gasteiger partial charge in [0.2, 0.25) is 0 Å². The second kappa shape index (κ2) is 7.17. The summed E-state index contributed by atoms with van der Waals surface area (Å²) in [7, 11) is -3.65. The van der Waals surface area contributed by atoms with Crippen molar-refractivity contribution in [2.45, 2.75) is 11.8 Å². The second-order valence-electron chi connectivity index (χ2n) is 6.48. The summed E-state index contributed by atoms with van der Waals surface area (Å²) >= 11 is 5.76. The highest BCUT2D eigenvalue weighted by molar-refractivity contribution is 7.93. The van der Waals surface area contributed by atoms with Gasteiger partial charge in [0.1, 0.15) is 5.82 Å². The van der Waals surface area contributed by atoms with Crippen LogP contribution in [0.5, 0.6) is 0 Å². The third-order valence-corrected chi connectivity index (χ3v) is 6.97. The van der Waals surface area contributed by atoms with Crippen LogP contribution in [0, 0.1) is 5.82 Å². The monoisotopic (exact) mass is 430 g/mol. The number of hydrogen-bond donors (Lipinski definition) is 1. The zero-order valence-electron chi connectivity index (χ0n) is 15.3. The number of halogens is 2. The van der Waals surface area contributed by atoms with Gasteiger partial charge in [-0.2, -0.15) is 0 Å². The summed E-state index contributed by atoms with van der Waals surface area (Å²) in [6.07, 6.45) is 0. The average molecular weight is 431 g/mol. The molecule has 0 spiro atoms.